The largest absolute Gasteiger partial charge is 0.147 e. The topological polar surface area (TPSA) is 0 Å². The first-order valence-corrected chi connectivity index (χ1v) is 11.0. The monoisotopic (exact) mass is 425 g/mol. The second kappa shape index (κ2) is 7.68. The molecule has 0 aliphatic heterocycles. The molecule has 89 valence electrons. The maximum absolute atomic E-state index is 2.42. The van der Waals surface area contributed by atoms with Crippen LogP contribution in [-0.4, -0.2) is 0 Å². The van der Waals surface area contributed by atoms with E-state index in [9.17, 15) is 0 Å². The molecule has 3 heteroatoms. The Balaban J connectivity index is 0.00000112. The summed E-state index contributed by atoms with van der Waals surface area (Å²) in [6.45, 7) is 4.83. The van der Waals surface area contributed by atoms with Gasteiger partial charge in [-0.3, -0.25) is 0 Å². The summed E-state index contributed by atoms with van der Waals surface area (Å²) < 4.78 is 4.54. The molecule has 0 aromatic heterocycles. The summed E-state index contributed by atoms with van der Waals surface area (Å²) in [4.78, 5) is 0. The SMILES string of the molecule is C[CH](C)[Hf]([C]1=CC=CC1)[C]1=CC=CC1.Cl.Cl. The number of hydrogen-bond acceptors (Lipinski definition) is 0. The van der Waals surface area contributed by atoms with Crippen molar-refractivity contribution in [2.45, 2.75) is 30.4 Å². The zero-order chi connectivity index (χ0) is 9.97. The number of rotatable bonds is 3. The van der Waals surface area contributed by atoms with E-state index in [1.807, 2.05) is 0 Å². The van der Waals surface area contributed by atoms with Crippen molar-refractivity contribution in [3.63, 3.8) is 0 Å². The van der Waals surface area contributed by atoms with Gasteiger partial charge in [0.05, 0.1) is 0 Å². The number of allylic oxidation sites excluding steroid dienone is 8. The third-order valence-electron chi connectivity index (χ3n) is 2.81. The van der Waals surface area contributed by atoms with Gasteiger partial charge in [-0.2, -0.15) is 0 Å². The molecule has 0 aromatic rings. The fraction of sp³-hybridized carbons (Fsp3) is 0.385. The zero-order valence-electron chi connectivity index (χ0n) is 9.77. The second-order valence-electron chi connectivity index (χ2n) is 4.22. The van der Waals surface area contributed by atoms with Crippen molar-refractivity contribution in [2.24, 2.45) is 0 Å². The average molecular weight is 425 g/mol. The normalized spacial score (nSPS) is 16.7. The smallest absolute Gasteiger partial charge is 0.147 e. The van der Waals surface area contributed by atoms with Gasteiger partial charge in [-0.05, 0) is 0 Å². The predicted octanol–water partition coefficient (Wildman–Crippen LogP) is 4.96. The van der Waals surface area contributed by atoms with Gasteiger partial charge in [-0.15, -0.1) is 24.8 Å². The Morgan fingerprint density at radius 3 is 1.62 bits per heavy atom. The summed E-state index contributed by atoms with van der Waals surface area (Å²) in [6.07, 6.45) is 16.4. The van der Waals surface area contributed by atoms with Crippen molar-refractivity contribution in [3.8, 4) is 0 Å². The van der Waals surface area contributed by atoms with Crippen LogP contribution in [0.2, 0.25) is 3.67 Å². The minimum absolute atomic E-state index is 0. The molecule has 0 atom stereocenters. The summed E-state index contributed by atoms with van der Waals surface area (Å²) in [5.74, 6) is 0. The van der Waals surface area contributed by atoms with Crippen LogP contribution in [0.15, 0.2) is 43.1 Å². The van der Waals surface area contributed by atoms with Gasteiger partial charge in [0.25, 0.3) is 0 Å². The molecule has 16 heavy (non-hydrogen) atoms. The van der Waals surface area contributed by atoms with Crippen LogP contribution in [0.5, 0.6) is 0 Å². The van der Waals surface area contributed by atoms with Gasteiger partial charge >= 0.3 is 94.9 Å². The van der Waals surface area contributed by atoms with Crippen molar-refractivity contribution in [3.05, 3.63) is 43.1 Å². The first-order chi connectivity index (χ1) is 6.79. The molecule has 0 bridgehead atoms. The summed E-state index contributed by atoms with van der Waals surface area (Å²) in [6, 6.07) is 0. The standard InChI is InChI=1S/2C5H5.C3H7.2ClH.Hf/c2*1-2-4-5-3-1;1-3-2;;;/h2*1-3H,4H2;3H,1-2H3;2*1H;. The van der Waals surface area contributed by atoms with E-state index in [1.54, 1.807) is 6.66 Å². The molecule has 0 heterocycles. The van der Waals surface area contributed by atoms with Gasteiger partial charge in [0.2, 0.25) is 0 Å². The van der Waals surface area contributed by atoms with Crippen molar-refractivity contribution in [1.82, 2.24) is 0 Å². The van der Waals surface area contributed by atoms with E-state index in [0.717, 1.165) is 3.67 Å². The van der Waals surface area contributed by atoms with Crippen LogP contribution in [0.3, 0.4) is 0 Å². The van der Waals surface area contributed by atoms with E-state index >= 15 is 0 Å². The molecule has 0 aromatic carbocycles. The van der Waals surface area contributed by atoms with E-state index in [-0.39, 0.29) is 24.8 Å². The summed E-state index contributed by atoms with van der Waals surface area (Å²) >= 11 is -1.60. The summed E-state index contributed by atoms with van der Waals surface area (Å²) in [7, 11) is 0. The first-order valence-electron chi connectivity index (χ1n) is 5.38. The molecule has 0 unspecified atom stereocenters. The minimum atomic E-state index is -1.60. The predicted molar refractivity (Wildman–Crippen MR) is 73.3 cm³/mol. The molecule has 2 aliphatic carbocycles. The van der Waals surface area contributed by atoms with Crippen LogP contribution in [0.25, 0.3) is 0 Å². The molecule has 2 aliphatic rings. The van der Waals surface area contributed by atoms with Gasteiger partial charge in [0.15, 0.2) is 0 Å². The fourth-order valence-corrected chi connectivity index (χ4v) is 13.5. The van der Waals surface area contributed by atoms with Gasteiger partial charge in [0, 0.05) is 0 Å². The van der Waals surface area contributed by atoms with E-state index in [1.165, 1.54) is 12.8 Å². The summed E-state index contributed by atoms with van der Waals surface area (Å²) in [5, 5.41) is 0. The zero-order valence-corrected chi connectivity index (χ0v) is 15.0. The molecular weight excluding hydrogens is 406 g/mol. The van der Waals surface area contributed by atoms with Gasteiger partial charge in [0.1, 0.15) is 0 Å². The van der Waals surface area contributed by atoms with Crippen molar-refractivity contribution < 1.29 is 21.4 Å². The minimum Gasteiger partial charge on any atom is -0.147 e. The van der Waals surface area contributed by atoms with Crippen LogP contribution in [0.1, 0.15) is 26.7 Å². The molecule has 0 saturated heterocycles. The summed E-state index contributed by atoms with van der Waals surface area (Å²) in [5.41, 5.74) is 0. The second-order valence-corrected chi connectivity index (χ2v) is 16.0. The Kier molecular flexibility index (Phi) is 7.88. The molecule has 0 N–H and O–H groups in total. The van der Waals surface area contributed by atoms with E-state index in [2.05, 4.69) is 50.3 Å². The Labute approximate surface area is 119 Å². The molecule has 0 amide bonds. The van der Waals surface area contributed by atoms with Crippen LogP contribution < -0.4 is 0 Å². The fourth-order valence-electron chi connectivity index (χ4n) is 2.24. The van der Waals surface area contributed by atoms with Crippen LogP contribution in [0.4, 0.5) is 0 Å². The first kappa shape index (κ1) is 16.4. The van der Waals surface area contributed by atoms with E-state index in [0.29, 0.717) is 0 Å². The van der Waals surface area contributed by atoms with Crippen LogP contribution in [0, 0.1) is 0 Å². The van der Waals surface area contributed by atoms with E-state index < -0.39 is 21.4 Å². The van der Waals surface area contributed by atoms with Crippen LogP contribution >= 0.6 is 24.8 Å². The molecular formula is C13H19Cl2Hf. The maximum atomic E-state index is 2.42. The molecule has 0 spiro atoms. The Bertz CT molecular complexity index is 308. The molecule has 0 nitrogen and oxygen atoms in total. The number of hydrogen-bond donors (Lipinski definition) is 0. The Hall–Kier alpha value is 0.410. The van der Waals surface area contributed by atoms with Crippen molar-refractivity contribution in [1.29, 1.82) is 0 Å². The molecule has 2 rings (SSSR count). The maximum Gasteiger partial charge on any atom is -0.147 e. The molecule has 0 radical (unpaired) electrons. The number of halogens is 2. The van der Waals surface area contributed by atoms with Crippen molar-refractivity contribution >= 4 is 24.8 Å². The Morgan fingerprint density at radius 1 is 0.938 bits per heavy atom. The Morgan fingerprint density at radius 2 is 1.38 bits per heavy atom. The van der Waals surface area contributed by atoms with Crippen LogP contribution in [-0.2, 0) is 21.4 Å². The third-order valence-corrected chi connectivity index (χ3v) is 14.6. The van der Waals surface area contributed by atoms with Gasteiger partial charge in [-0.25, -0.2) is 0 Å². The average Bonchev–Trinajstić information content (AvgIpc) is 2.75. The molecule has 0 fully saturated rings. The van der Waals surface area contributed by atoms with Crippen molar-refractivity contribution in [2.75, 3.05) is 0 Å². The molecule has 0 saturated carbocycles. The third kappa shape index (κ3) is 3.72. The van der Waals surface area contributed by atoms with E-state index in [4.69, 9.17) is 0 Å². The quantitative estimate of drug-likeness (QED) is 0.562. The van der Waals surface area contributed by atoms with Gasteiger partial charge in [-0.1, -0.05) is 0 Å². The van der Waals surface area contributed by atoms with Gasteiger partial charge < -0.3 is 0 Å².